The molecule has 94 valence electrons. The number of hydrogen-bond acceptors (Lipinski definition) is 1. The van der Waals surface area contributed by atoms with Gasteiger partial charge in [0.15, 0.2) is 0 Å². The minimum absolute atomic E-state index is 0.507. The molecule has 0 aromatic heterocycles. The van der Waals surface area contributed by atoms with Gasteiger partial charge in [0.05, 0.1) is 12.7 Å². The van der Waals surface area contributed by atoms with Crippen LogP contribution in [0.25, 0.3) is 0 Å². The van der Waals surface area contributed by atoms with Crippen LogP contribution in [0.1, 0.15) is 25.3 Å². The summed E-state index contributed by atoms with van der Waals surface area (Å²) in [6.07, 6.45) is 8.07. The lowest BCUT2D eigenvalue weighted by Crippen LogP contribution is -2.23. The summed E-state index contributed by atoms with van der Waals surface area (Å²) in [5.74, 6) is 2.46. The zero-order valence-electron chi connectivity index (χ0n) is 10.9. The van der Waals surface area contributed by atoms with Gasteiger partial charge in [-0.3, -0.25) is 0 Å². The fourth-order valence-electron chi connectivity index (χ4n) is 4.35. The number of ether oxygens (including phenoxy) is 1. The molecule has 0 N–H and O–H groups in total. The molecular weight excluding hydrogens is 220 g/mol. The van der Waals surface area contributed by atoms with Crippen molar-refractivity contribution in [2.24, 2.45) is 23.2 Å². The molecule has 0 heterocycles. The van der Waals surface area contributed by atoms with Crippen molar-refractivity contribution in [3.8, 4) is 0 Å². The summed E-state index contributed by atoms with van der Waals surface area (Å²) < 4.78 is 6.17. The molecule has 3 aliphatic rings. The lowest BCUT2D eigenvalue weighted by atomic mass is 9.81. The summed E-state index contributed by atoms with van der Waals surface area (Å²) in [5, 5.41) is 0. The molecule has 18 heavy (non-hydrogen) atoms. The Kier molecular flexibility index (Phi) is 2.23. The van der Waals surface area contributed by atoms with Crippen LogP contribution in [0.15, 0.2) is 42.5 Å². The first-order chi connectivity index (χ1) is 8.80. The van der Waals surface area contributed by atoms with Crippen LogP contribution >= 0.6 is 0 Å². The lowest BCUT2D eigenvalue weighted by molar-refractivity contribution is 0.0581. The first-order valence-electron chi connectivity index (χ1n) is 7.14. The highest BCUT2D eigenvalue weighted by Gasteiger charge is 2.68. The third kappa shape index (κ3) is 1.37. The van der Waals surface area contributed by atoms with Gasteiger partial charge in [0, 0.05) is 5.41 Å². The van der Waals surface area contributed by atoms with Crippen molar-refractivity contribution in [2.45, 2.75) is 32.5 Å². The van der Waals surface area contributed by atoms with Crippen LogP contribution in [0.4, 0.5) is 0 Å². The Morgan fingerprint density at radius 3 is 2.78 bits per heavy atom. The fourth-order valence-corrected chi connectivity index (χ4v) is 4.35. The van der Waals surface area contributed by atoms with Crippen molar-refractivity contribution in [1.29, 1.82) is 0 Å². The Morgan fingerprint density at radius 1 is 1.22 bits per heavy atom. The van der Waals surface area contributed by atoms with Crippen LogP contribution in [0.3, 0.4) is 0 Å². The van der Waals surface area contributed by atoms with Crippen LogP contribution in [0.5, 0.6) is 0 Å². The molecule has 1 aromatic rings. The molecule has 2 fully saturated rings. The van der Waals surface area contributed by atoms with Crippen molar-refractivity contribution < 1.29 is 4.74 Å². The molecule has 1 nitrogen and oxygen atoms in total. The van der Waals surface area contributed by atoms with Crippen LogP contribution < -0.4 is 0 Å². The summed E-state index contributed by atoms with van der Waals surface area (Å²) in [7, 11) is 0. The molecule has 0 saturated heterocycles. The van der Waals surface area contributed by atoms with E-state index < -0.39 is 0 Å². The molecule has 2 saturated carbocycles. The number of allylic oxidation sites excluding steroid dienone is 2. The maximum Gasteiger partial charge on any atom is 0.0720 e. The van der Waals surface area contributed by atoms with E-state index in [0.29, 0.717) is 11.5 Å². The van der Waals surface area contributed by atoms with E-state index in [1.165, 1.54) is 18.4 Å². The molecule has 2 bridgehead atoms. The SMILES string of the molecule is C[C@H]1C2C=CC(C2)[C@]12C[C@@H]2OCc1ccccc1. The summed E-state index contributed by atoms with van der Waals surface area (Å²) in [6, 6.07) is 10.5. The largest absolute Gasteiger partial charge is 0.373 e. The van der Waals surface area contributed by atoms with Crippen molar-refractivity contribution >= 4 is 0 Å². The average Bonchev–Trinajstić information content (AvgIpc) is 2.79. The van der Waals surface area contributed by atoms with Gasteiger partial charge in [0.1, 0.15) is 0 Å². The summed E-state index contributed by atoms with van der Waals surface area (Å²) in [5.41, 5.74) is 1.81. The van der Waals surface area contributed by atoms with E-state index in [0.717, 1.165) is 24.4 Å². The van der Waals surface area contributed by atoms with Crippen molar-refractivity contribution in [3.63, 3.8) is 0 Å². The van der Waals surface area contributed by atoms with E-state index in [2.05, 4.69) is 49.4 Å². The number of benzene rings is 1. The fraction of sp³-hybridized carbons (Fsp3) is 0.529. The Hall–Kier alpha value is -1.08. The van der Waals surface area contributed by atoms with E-state index in [4.69, 9.17) is 4.74 Å². The maximum atomic E-state index is 6.17. The molecule has 5 atom stereocenters. The number of rotatable bonds is 3. The van der Waals surface area contributed by atoms with E-state index in [9.17, 15) is 0 Å². The second-order valence-corrected chi connectivity index (χ2v) is 6.28. The Bertz CT molecular complexity index is 478. The highest BCUT2D eigenvalue weighted by Crippen LogP contribution is 2.70. The van der Waals surface area contributed by atoms with Gasteiger partial charge in [-0.05, 0) is 36.2 Å². The summed E-state index contributed by atoms with van der Waals surface area (Å²) >= 11 is 0. The Labute approximate surface area is 109 Å². The van der Waals surface area contributed by atoms with Crippen LogP contribution in [0.2, 0.25) is 0 Å². The second kappa shape index (κ2) is 3.71. The zero-order chi connectivity index (χ0) is 12.2. The minimum Gasteiger partial charge on any atom is -0.373 e. The predicted molar refractivity (Wildman–Crippen MR) is 72.0 cm³/mol. The quantitative estimate of drug-likeness (QED) is 0.730. The lowest BCUT2D eigenvalue weighted by Gasteiger charge is -2.25. The van der Waals surface area contributed by atoms with Crippen LogP contribution in [-0.2, 0) is 11.3 Å². The molecule has 1 spiro atoms. The monoisotopic (exact) mass is 240 g/mol. The van der Waals surface area contributed by atoms with Crippen LogP contribution in [0, 0.1) is 23.2 Å². The van der Waals surface area contributed by atoms with Gasteiger partial charge < -0.3 is 4.74 Å². The van der Waals surface area contributed by atoms with Crippen molar-refractivity contribution in [2.75, 3.05) is 0 Å². The average molecular weight is 240 g/mol. The molecular formula is C17H20O. The van der Waals surface area contributed by atoms with Gasteiger partial charge in [-0.1, -0.05) is 49.4 Å². The third-order valence-electron chi connectivity index (χ3n) is 5.57. The smallest absolute Gasteiger partial charge is 0.0720 e. The predicted octanol–water partition coefficient (Wildman–Crippen LogP) is 3.80. The molecule has 4 rings (SSSR count). The highest BCUT2D eigenvalue weighted by atomic mass is 16.5. The Morgan fingerprint density at radius 2 is 2.06 bits per heavy atom. The molecule has 0 aliphatic heterocycles. The second-order valence-electron chi connectivity index (χ2n) is 6.28. The zero-order valence-corrected chi connectivity index (χ0v) is 10.9. The van der Waals surface area contributed by atoms with Crippen molar-refractivity contribution in [3.05, 3.63) is 48.0 Å². The Balaban J connectivity index is 1.43. The standard InChI is InChI=1S/C17H20O/c1-12-14-7-8-15(9-14)17(12)10-16(17)18-11-13-5-3-2-4-6-13/h2-8,12,14-16H,9-11H2,1H3/t12-,14?,15?,16-,17-/m0/s1. The molecule has 1 aromatic carbocycles. The third-order valence-corrected chi connectivity index (χ3v) is 5.57. The molecule has 0 radical (unpaired) electrons. The van der Waals surface area contributed by atoms with Gasteiger partial charge in [0.25, 0.3) is 0 Å². The summed E-state index contributed by atoms with van der Waals surface area (Å²) in [4.78, 5) is 0. The first kappa shape index (κ1) is 10.8. The number of hydrogen-bond donors (Lipinski definition) is 0. The molecule has 1 heteroatoms. The molecule has 2 unspecified atom stereocenters. The highest BCUT2D eigenvalue weighted by molar-refractivity contribution is 5.27. The topological polar surface area (TPSA) is 9.23 Å². The van der Waals surface area contributed by atoms with Gasteiger partial charge in [0.2, 0.25) is 0 Å². The normalized spacial score (nSPS) is 43.8. The maximum absolute atomic E-state index is 6.17. The summed E-state index contributed by atoms with van der Waals surface area (Å²) in [6.45, 7) is 3.21. The first-order valence-corrected chi connectivity index (χ1v) is 7.14. The van der Waals surface area contributed by atoms with Crippen molar-refractivity contribution in [1.82, 2.24) is 0 Å². The van der Waals surface area contributed by atoms with E-state index in [-0.39, 0.29) is 0 Å². The van der Waals surface area contributed by atoms with Gasteiger partial charge in [-0.25, -0.2) is 0 Å². The van der Waals surface area contributed by atoms with Gasteiger partial charge in [-0.2, -0.15) is 0 Å². The van der Waals surface area contributed by atoms with Gasteiger partial charge in [-0.15, -0.1) is 0 Å². The molecule has 3 aliphatic carbocycles. The van der Waals surface area contributed by atoms with E-state index in [1.807, 2.05) is 0 Å². The number of fused-ring (bicyclic) bond motifs is 3. The van der Waals surface area contributed by atoms with Gasteiger partial charge >= 0.3 is 0 Å². The van der Waals surface area contributed by atoms with E-state index >= 15 is 0 Å². The van der Waals surface area contributed by atoms with Crippen LogP contribution in [-0.4, -0.2) is 6.10 Å². The van der Waals surface area contributed by atoms with E-state index in [1.54, 1.807) is 0 Å². The molecule has 0 amide bonds. The minimum atomic E-state index is 0.507.